The lowest BCUT2D eigenvalue weighted by molar-refractivity contribution is -0.120. The molecular weight excluding hydrogens is 516 g/mol. The predicted octanol–water partition coefficient (Wildman–Crippen LogP) is 0.979. The Kier molecular flexibility index (Phi) is 7.10. The summed E-state index contributed by atoms with van der Waals surface area (Å²) in [4.78, 5) is 23.3. The van der Waals surface area contributed by atoms with Gasteiger partial charge in [0.1, 0.15) is 0 Å². The Bertz CT molecular complexity index is 1280. The Balaban J connectivity index is 1.25. The number of amides is 2. The molecule has 3 aliphatic heterocycles. The van der Waals surface area contributed by atoms with Gasteiger partial charge in [0, 0.05) is 63.9 Å². The molecule has 5 rings (SSSR count). The van der Waals surface area contributed by atoms with E-state index in [0.29, 0.717) is 32.4 Å². The molecule has 37 heavy (non-hydrogen) atoms. The summed E-state index contributed by atoms with van der Waals surface area (Å²) >= 11 is 0. The Hall–Kier alpha value is -2.80. The van der Waals surface area contributed by atoms with Gasteiger partial charge in [-0.25, -0.2) is 16.8 Å². The van der Waals surface area contributed by atoms with Gasteiger partial charge >= 0.3 is 0 Å². The molecule has 0 saturated carbocycles. The summed E-state index contributed by atoms with van der Waals surface area (Å²) in [6, 6.07) is 13.2. The molecule has 0 bridgehead atoms. The molecule has 12 heteroatoms. The van der Waals surface area contributed by atoms with Gasteiger partial charge in [0.15, 0.2) is 0 Å². The zero-order chi connectivity index (χ0) is 26.2. The molecule has 2 atom stereocenters. The quantitative estimate of drug-likeness (QED) is 0.555. The number of sulfonamides is 2. The SMILES string of the molecule is O=C1CC(c2ccc(S(=O)(=O)N3CCCN(S(=O)(=O)c4ccc(C5CNC(=O)C5)cc4)CC3)cc2)CN1. The zero-order valence-electron chi connectivity index (χ0n) is 20.3. The van der Waals surface area contributed by atoms with E-state index in [1.165, 1.54) is 8.61 Å². The van der Waals surface area contributed by atoms with Crippen molar-refractivity contribution in [3.05, 3.63) is 59.7 Å². The number of carbonyl (C=O) groups excluding carboxylic acids is 2. The molecule has 3 heterocycles. The first-order valence-electron chi connectivity index (χ1n) is 12.4. The van der Waals surface area contributed by atoms with Gasteiger partial charge in [-0.2, -0.15) is 8.61 Å². The van der Waals surface area contributed by atoms with Crippen molar-refractivity contribution in [1.29, 1.82) is 0 Å². The lowest BCUT2D eigenvalue weighted by atomic mass is 9.99. The van der Waals surface area contributed by atoms with E-state index < -0.39 is 20.0 Å². The van der Waals surface area contributed by atoms with E-state index >= 15 is 0 Å². The van der Waals surface area contributed by atoms with E-state index in [1.807, 2.05) is 0 Å². The largest absolute Gasteiger partial charge is 0.355 e. The Morgan fingerprint density at radius 2 is 0.973 bits per heavy atom. The maximum atomic E-state index is 13.3. The lowest BCUT2D eigenvalue weighted by Gasteiger charge is -2.22. The van der Waals surface area contributed by atoms with Crippen molar-refractivity contribution in [2.45, 2.75) is 40.9 Å². The third-order valence-electron chi connectivity index (χ3n) is 7.35. The van der Waals surface area contributed by atoms with Crippen LogP contribution in [0, 0.1) is 0 Å². The van der Waals surface area contributed by atoms with Gasteiger partial charge in [-0.1, -0.05) is 24.3 Å². The highest BCUT2D eigenvalue weighted by Gasteiger charge is 2.32. The molecular formula is C25H30N4O6S2. The topological polar surface area (TPSA) is 133 Å². The first kappa shape index (κ1) is 25.8. The Labute approximate surface area is 217 Å². The minimum Gasteiger partial charge on any atom is -0.355 e. The van der Waals surface area contributed by atoms with Gasteiger partial charge < -0.3 is 10.6 Å². The van der Waals surface area contributed by atoms with Gasteiger partial charge in [-0.3, -0.25) is 9.59 Å². The summed E-state index contributed by atoms with van der Waals surface area (Å²) < 4.78 is 55.9. The summed E-state index contributed by atoms with van der Waals surface area (Å²) in [5, 5.41) is 5.57. The molecule has 0 aromatic heterocycles. The number of benzene rings is 2. The average Bonchev–Trinajstić information content (AvgIpc) is 3.43. The van der Waals surface area contributed by atoms with Gasteiger partial charge in [-0.05, 0) is 41.8 Å². The van der Waals surface area contributed by atoms with Gasteiger partial charge in [-0.15, -0.1) is 0 Å². The highest BCUT2D eigenvalue weighted by atomic mass is 32.2. The van der Waals surface area contributed by atoms with Crippen molar-refractivity contribution < 1.29 is 26.4 Å². The van der Waals surface area contributed by atoms with Crippen LogP contribution in [0.25, 0.3) is 0 Å². The van der Waals surface area contributed by atoms with Crippen LogP contribution >= 0.6 is 0 Å². The number of carbonyl (C=O) groups is 2. The minimum absolute atomic E-state index is 0.00989. The van der Waals surface area contributed by atoms with Gasteiger partial charge in [0.25, 0.3) is 0 Å². The van der Waals surface area contributed by atoms with Crippen molar-refractivity contribution in [3.8, 4) is 0 Å². The molecule has 0 radical (unpaired) electrons. The first-order chi connectivity index (χ1) is 17.6. The maximum Gasteiger partial charge on any atom is 0.243 e. The van der Waals surface area contributed by atoms with Crippen LogP contribution in [0.1, 0.15) is 42.2 Å². The van der Waals surface area contributed by atoms with Crippen LogP contribution in [0.4, 0.5) is 0 Å². The van der Waals surface area contributed by atoms with Crippen molar-refractivity contribution >= 4 is 31.9 Å². The average molecular weight is 547 g/mol. The highest BCUT2D eigenvalue weighted by molar-refractivity contribution is 7.89. The van der Waals surface area contributed by atoms with E-state index in [1.54, 1.807) is 48.5 Å². The van der Waals surface area contributed by atoms with Crippen LogP contribution in [-0.4, -0.2) is 76.5 Å². The molecule has 2 unspecified atom stereocenters. The second-order valence-electron chi connectivity index (χ2n) is 9.71. The van der Waals surface area contributed by atoms with Gasteiger partial charge in [0.2, 0.25) is 31.9 Å². The molecule has 2 aromatic carbocycles. The molecule has 2 amide bonds. The fourth-order valence-electron chi connectivity index (χ4n) is 5.15. The maximum absolute atomic E-state index is 13.3. The molecule has 0 spiro atoms. The third-order valence-corrected chi connectivity index (χ3v) is 11.2. The smallest absolute Gasteiger partial charge is 0.243 e. The monoisotopic (exact) mass is 546 g/mol. The van der Waals surface area contributed by atoms with Crippen molar-refractivity contribution in [2.24, 2.45) is 0 Å². The van der Waals surface area contributed by atoms with Crippen LogP contribution in [0.3, 0.4) is 0 Å². The molecule has 198 valence electrons. The molecule has 3 fully saturated rings. The normalized spacial score (nSPS) is 24.0. The molecule has 2 aromatic rings. The van der Waals surface area contributed by atoms with Crippen LogP contribution in [0.5, 0.6) is 0 Å². The summed E-state index contributed by atoms with van der Waals surface area (Å²) in [6.45, 7) is 1.64. The van der Waals surface area contributed by atoms with E-state index in [0.717, 1.165) is 11.1 Å². The molecule has 3 aliphatic rings. The van der Waals surface area contributed by atoms with Crippen molar-refractivity contribution in [1.82, 2.24) is 19.2 Å². The first-order valence-corrected chi connectivity index (χ1v) is 15.3. The van der Waals surface area contributed by atoms with Gasteiger partial charge in [0.05, 0.1) is 9.79 Å². The summed E-state index contributed by atoms with van der Waals surface area (Å²) in [6.07, 6.45) is 1.16. The van der Waals surface area contributed by atoms with E-state index in [2.05, 4.69) is 10.6 Å². The van der Waals surface area contributed by atoms with E-state index in [-0.39, 0.29) is 59.6 Å². The van der Waals surface area contributed by atoms with Crippen LogP contribution < -0.4 is 10.6 Å². The Morgan fingerprint density at radius 1 is 0.595 bits per heavy atom. The standard InChI is InChI=1S/C25H30N4O6S2/c30-24-14-20(16-26-24)18-2-6-22(7-3-18)36(32,33)28-10-1-11-29(13-12-28)37(34,35)23-8-4-19(5-9-23)21-15-25(31)27-17-21/h2-9,20-21H,1,10-17H2,(H,26,30)(H,27,31). The molecule has 3 saturated heterocycles. The van der Waals surface area contributed by atoms with Crippen LogP contribution in [0.15, 0.2) is 58.3 Å². The zero-order valence-corrected chi connectivity index (χ0v) is 21.9. The molecule has 0 aliphatic carbocycles. The fourth-order valence-corrected chi connectivity index (χ4v) is 8.09. The summed E-state index contributed by atoms with van der Waals surface area (Å²) in [5.41, 5.74) is 1.82. The molecule has 2 N–H and O–H groups in total. The highest BCUT2D eigenvalue weighted by Crippen LogP contribution is 2.28. The summed E-state index contributed by atoms with van der Waals surface area (Å²) in [7, 11) is -7.59. The minimum atomic E-state index is -3.79. The van der Waals surface area contributed by atoms with Crippen LogP contribution in [0.2, 0.25) is 0 Å². The van der Waals surface area contributed by atoms with Crippen LogP contribution in [-0.2, 0) is 29.6 Å². The fraction of sp³-hybridized carbons (Fsp3) is 0.440. The lowest BCUT2D eigenvalue weighted by Crippen LogP contribution is -2.37. The number of nitrogens with one attached hydrogen (secondary N) is 2. The number of hydrogen-bond acceptors (Lipinski definition) is 6. The number of rotatable bonds is 6. The predicted molar refractivity (Wildman–Crippen MR) is 136 cm³/mol. The van der Waals surface area contributed by atoms with Crippen molar-refractivity contribution in [2.75, 3.05) is 39.3 Å². The second kappa shape index (κ2) is 10.2. The second-order valence-corrected chi connectivity index (χ2v) is 13.6. The third kappa shape index (κ3) is 5.28. The Morgan fingerprint density at radius 3 is 1.30 bits per heavy atom. The van der Waals surface area contributed by atoms with E-state index in [9.17, 15) is 26.4 Å². The number of nitrogens with zero attached hydrogens (tertiary/aromatic N) is 2. The van der Waals surface area contributed by atoms with E-state index in [4.69, 9.17) is 0 Å². The summed E-state index contributed by atoms with van der Waals surface area (Å²) in [5.74, 6) is 0.0498. The van der Waals surface area contributed by atoms with Crippen molar-refractivity contribution in [3.63, 3.8) is 0 Å². The molecule has 10 nitrogen and oxygen atoms in total. The number of hydrogen-bond donors (Lipinski definition) is 2.